The minimum absolute atomic E-state index is 0.0748. The predicted molar refractivity (Wildman–Crippen MR) is 113 cm³/mol. The second-order valence-electron chi connectivity index (χ2n) is 6.35. The summed E-state index contributed by atoms with van der Waals surface area (Å²) in [6, 6.07) is 24.2. The van der Waals surface area contributed by atoms with Crippen molar-refractivity contribution in [1.29, 1.82) is 0 Å². The Labute approximate surface area is 166 Å². The molecule has 0 aliphatic carbocycles. The van der Waals surface area contributed by atoms with Gasteiger partial charge in [0.2, 0.25) is 0 Å². The van der Waals surface area contributed by atoms with Crippen LogP contribution in [0.15, 0.2) is 90.0 Å². The summed E-state index contributed by atoms with van der Waals surface area (Å²) < 4.78 is 11.7. The van der Waals surface area contributed by atoms with E-state index in [2.05, 4.69) is 28.6 Å². The van der Waals surface area contributed by atoms with Crippen molar-refractivity contribution in [2.75, 3.05) is 11.3 Å². The molecule has 4 rings (SSSR count). The van der Waals surface area contributed by atoms with Crippen molar-refractivity contribution >= 4 is 28.1 Å². The van der Waals surface area contributed by atoms with Crippen LogP contribution >= 0.6 is 11.6 Å². The fourth-order valence-electron chi connectivity index (χ4n) is 3.27. The highest BCUT2D eigenvalue weighted by molar-refractivity contribution is 7.84. The van der Waals surface area contributed by atoms with Crippen molar-refractivity contribution in [2.45, 2.75) is 10.9 Å². The van der Waals surface area contributed by atoms with E-state index in [4.69, 9.17) is 11.6 Å². The van der Waals surface area contributed by atoms with Crippen LogP contribution < -0.4 is 10.4 Å². The van der Waals surface area contributed by atoms with E-state index in [9.17, 15) is 4.21 Å². The highest BCUT2D eigenvalue weighted by Gasteiger charge is 2.24. The van der Waals surface area contributed by atoms with E-state index in [1.54, 1.807) is 6.26 Å². The van der Waals surface area contributed by atoms with Crippen LogP contribution in [0.3, 0.4) is 0 Å². The fourth-order valence-corrected chi connectivity index (χ4v) is 3.92. The summed E-state index contributed by atoms with van der Waals surface area (Å²) in [7, 11) is -0.977. The summed E-state index contributed by atoms with van der Waals surface area (Å²) in [6.45, 7) is 0. The molecule has 0 radical (unpaired) electrons. The second kappa shape index (κ2) is 7.59. The van der Waals surface area contributed by atoms with Gasteiger partial charge < -0.3 is 5.43 Å². The van der Waals surface area contributed by atoms with Gasteiger partial charge in [0.15, 0.2) is 0 Å². The molecule has 136 valence electrons. The highest BCUT2D eigenvalue weighted by Crippen LogP contribution is 2.37. The van der Waals surface area contributed by atoms with Gasteiger partial charge in [-0.15, -0.1) is 0 Å². The lowest BCUT2D eigenvalue weighted by Gasteiger charge is -2.29. The van der Waals surface area contributed by atoms with Gasteiger partial charge in [-0.1, -0.05) is 54.1 Å². The molecule has 3 aromatic carbocycles. The molecule has 1 aliphatic heterocycles. The van der Waals surface area contributed by atoms with Crippen molar-refractivity contribution in [1.82, 2.24) is 5.43 Å². The van der Waals surface area contributed by atoms with Gasteiger partial charge in [0.05, 0.1) is 11.7 Å². The zero-order valence-electron chi connectivity index (χ0n) is 14.8. The Bertz CT molecular complexity index is 1000. The van der Waals surface area contributed by atoms with Crippen LogP contribution in [-0.2, 0) is 10.8 Å². The summed E-state index contributed by atoms with van der Waals surface area (Å²) >= 11 is 6.04. The molecular formula is C22H19ClN2OS. The Kier molecular flexibility index (Phi) is 5.01. The van der Waals surface area contributed by atoms with Gasteiger partial charge in [-0.2, -0.15) is 0 Å². The number of hydrazine groups is 1. The molecule has 0 saturated carbocycles. The number of benzene rings is 3. The lowest BCUT2D eigenvalue weighted by Crippen LogP contribution is -2.32. The average Bonchev–Trinajstić information content (AvgIpc) is 3.18. The van der Waals surface area contributed by atoms with Crippen molar-refractivity contribution in [3.63, 3.8) is 0 Å². The predicted octanol–water partition coefficient (Wildman–Crippen LogP) is 5.32. The molecule has 5 heteroatoms. The average molecular weight is 395 g/mol. The van der Waals surface area contributed by atoms with E-state index < -0.39 is 10.8 Å². The SMILES string of the molecule is CS(=O)c1ccc(-c2ccccc2N2NC=CC2c2ccc(Cl)cc2)cc1. The molecule has 0 spiro atoms. The molecule has 0 bridgehead atoms. The van der Waals surface area contributed by atoms with E-state index >= 15 is 0 Å². The standard InChI is InChI=1S/C22H19ClN2OS/c1-27(26)19-12-8-16(9-13-19)20-4-2-3-5-22(20)25-21(14-15-24-25)17-6-10-18(23)11-7-17/h2-15,21,24H,1H3. The molecule has 0 fully saturated rings. The molecule has 0 amide bonds. The van der Waals surface area contributed by atoms with E-state index in [0.29, 0.717) is 0 Å². The Morgan fingerprint density at radius 1 is 0.963 bits per heavy atom. The normalized spacial score (nSPS) is 17.0. The van der Waals surface area contributed by atoms with Crippen LogP contribution in [0.1, 0.15) is 11.6 Å². The van der Waals surface area contributed by atoms with Gasteiger partial charge >= 0.3 is 0 Å². The Morgan fingerprint density at radius 2 is 1.67 bits per heavy atom. The van der Waals surface area contributed by atoms with Crippen LogP contribution in [0.2, 0.25) is 5.02 Å². The number of anilines is 1. The van der Waals surface area contributed by atoms with Crippen LogP contribution in [0.25, 0.3) is 11.1 Å². The zero-order valence-corrected chi connectivity index (χ0v) is 16.4. The van der Waals surface area contributed by atoms with Gasteiger partial charge in [0.25, 0.3) is 0 Å². The van der Waals surface area contributed by atoms with E-state index in [1.165, 1.54) is 0 Å². The number of halogens is 1. The molecular weight excluding hydrogens is 376 g/mol. The number of hydrogen-bond donors (Lipinski definition) is 1. The van der Waals surface area contributed by atoms with Crippen molar-refractivity contribution < 1.29 is 4.21 Å². The topological polar surface area (TPSA) is 32.3 Å². The first kappa shape index (κ1) is 17.8. The van der Waals surface area contributed by atoms with Crippen molar-refractivity contribution in [3.05, 3.63) is 95.7 Å². The first-order valence-corrected chi connectivity index (χ1v) is 10.6. The number of rotatable bonds is 4. The van der Waals surface area contributed by atoms with Crippen LogP contribution in [0.5, 0.6) is 0 Å². The molecule has 1 N–H and O–H groups in total. The quantitative estimate of drug-likeness (QED) is 0.649. The summed E-state index contributed by atoms with van der Waals surface area (Å²) in [5.41, 5.74) is 7.78. The van der Waals surface area contributed by atoms with Gasteiger partial charge in [0.1, 0.15) is 0 Å². The lowest BCUT2D eigenvalue weighted by atomic mass is 10.0. The summed E-state index contributed by atoms with van der Waals surface area (Å²) in [6.07, 6.45) is 5.78. The smallest absolute Gasteiger partial charge is 0.0952 e. The van der Waals surface area contributed by atoms with Crippen LogP contribution in [-0.4, -0.2) is 10.5 Å². The third-order valence-electron chi connectivity index (χ3n) is 4.64. The Balaban J connectivity index is 1.72. The molecule has 27 heavy (non-hydrogen) atoms. The summed E-state index contributed by atoms with van der Waals surface area (Å²) in [5.74, 6) is 0. The van der Waals surface area contributed by atoms with E-state index in [1.807, 2.05) is 66.9 Å². The Morgan fingerprint density at radius 3 is 2.37 bits per heavy atom. The summed E-state index contributed by atoms with van der Waals surface area (Å²) in [5, 5.41) is 2.87. The molecule has 3 nitrogen and oxygen atoms in total. The third kappa shape index (κ3) is 3.64. The number of hydrogen-bond acceptors (Lipinski definition) is 3. The van der Waals surface area contributed by atoms with Crippen molar-refractivity contribution in [3.8, 4) is 11.1 Å². The fraction of sp³-hybridized carbons (Fsp3) is 0.0909. The van der Waals surface area contributed by atoms with Crippen LogP contribution in [0, 0.1) is 0 Å². The van der Waals surface area contributed by atoms with E-state index in [-0.39, 0.29) is 6.04 Å². The van der Waals surface area contributed by atoms with Gasteiger partial charge in [-0.05, 0) is 47.5 Å². The maximum atomic E-state index is 11.7. The maximum Gasteiger partial charge on any atom is 0.0952 e. The zero-order chi connectivity index (χ0) is 18.8. The molecule has 1 aliphatic rings. The molecule has 2 atom stereocenters. The highest BCUT2D eigenvalue weighted by atomic mass is 35.5. The number of para-hydroxylation sites is 1. The molecule has 0 saturated heterocycles. The number of nitrogens with zero attached hydrogens (tertiary/aromatic N) is 1. The molecule has 1 heterocycles. The van der Waals surface area contributed by atoms with Gasteiger partial charge in [0, 0.05) is 38.7 Å². The number of nitrogens with one attached hydrogen (secondary N) is 1. The lowest BCUT2D eigenvalue weighted by molar-refractivity contribution is 0.687. The van der Waals surface area contributed by atoms with Gasteiger partial charge in [-0.25, -0.2) is 0 Å². The monoisotopic (exact) mass is 394 g/mol. The summed E-state index contributed by atoms with van der Waals surface area (Å²) in [4.78, 5) is 0.830. The first-order valence-electron chi connectivity index (χ1n) is 8.64. The Hall–Kier alpha value is -2.56. The first-order chi connectivity index (χ1) is 13.1. The van der Waals surface area contributed by atoms with E-state index in [0.717, 1.165) is 32.3 Å². The molecule has 0 aromatic heterocycles. The largest absolute Gasteiger partial charge is 0.305 e. The minimum atomic E-state index is -0.977. The third-order valence-corrected chi connectivity index (χ3v) is 5.83. The minimum Gasteiger partial charge on any atom is -0.305 e. The van der Waals surface area contributed by atoms with Crippen molar-refractivity contribution in [2.24, 2.45) is 0 Å². The molecule has 3 aromatic rings. The maximum absolute atomic E-state index is 11.7. The van der Waals surface area contributed by atoms with Gasteiger partial charge in [-0.3, -0.25) is 9.22 Å². The second-order valence-corrected chi connectivity index (χ2v) is 8.17. The molecule has 2 unspecified atom stereocenters. The van der Waals surface area contributed by atoms with Crippen LogP contribution in [0.4, 0.5) is 5.69 Å².